The third-order valence-corrected chi connectivity index (χ3v) is 7.59. The van der Waals surface area contributed by atoms with Gasteiger partial charge in [0, 0.05) is 50.3 Å². The lowest BCUT2D eigenvalue weighted by Crippen LogP contribution is -2.51. The van der Waals surface area contributed by atoms with Crippen LogP contribution in [-0.4, -0.2) is 54.4 Å². The van der Waals surface area contributed by atoms with Crippen LogP contribution in [0.4, 0.5) is 10.5 Å². The van der Waals surface area contributed by atoms with Gasteiger partial charge in [0.25, 0.3) is 0 Å². The molecule has 4 rings (SSSR count). The summed E-state index contributed by atoms with van der Waals surface area (Å²) in [6.45, 7) is 3.02. The third-order valence-electron chi connectivity index (χ3n) is 5.39. The van der Waals surface area contributed by atoms with Gasteiger partial charge in [-0.05, 0) is 48.9 Å². The minimum atomic E-state index is -3.62. The molecule has 0 radical (unpaired) electrons. The Morgan fingerprint density at radius 1 is 1.03 bits per heavy atom. The Morgan fingerprint density at radius 2 is 1.77 bits per heavy atom. The van der Waals surface area contributed by atoms with Crippen molar-refractivity contribution in [1.82, 2.24) is 13.8 Å². The molecule has 9 heteroatoms. The molecule has 1 saturated heterocycles. The number of rotatable bonds is 3. The second kappa shape index (κ2) is 7.94. The number of hydrogen-bond donors (Lipinski definition) is 1. The zero-order valence-corrected chi connectivity index (χ0v) is 18.4. The van der Waals surface area contributed by atoms with Crippen LogP contribution in [-0.2, 0) is 17.1 Å². The standard InChI is InChI=1S/C21H23ClN4O3S/c1-15-3-5-19(18(22)13-15)23-21(27)25-9-11-26(12-10-25)30(28,29)17-4-6-20-16(14-17)7-8-24(20)2/h3-8,13-14H,9-12H2,1-2H3,(H,23,27). The van der Waals surface area contributed by atoms with Crippen LogP contribution in [0, 0.1) is 6.92 Å². The number of fused-ring (bicyclic) bond motifs is 1. The number of urea groups is 1. The summed E-state index contributed by atoms with van der Waals surface area (Å²) < 4.78 is 29.5. The Kier molecular flexibility index (Phi) is 5.48. The van der Waals surface area contributed by atoms with Crippen molar-refractivity contribution < 1.29 is 13.2 Å². The van der Waals surface area contributed by atoms with Gasteiger partial charge < -0.3 is 14.8 Å². The number of carbonyl (C=O) groups excluding carboxylic acids is 1. The van der Waals surface area contributed by atoms with Gasteiger partial charge >= 0.3 is 6.03 Å². The largest absolute Gasteiger partial charge is 0.351 e. The summed E-state index contributed by atoms with van der Waals surface area (Å²) >= 11 is 6.18. The van der Waals surface area contributed by atoms with Crippen LogP contribution < -0.4 is 5.32 Å². The summed E-state index contributed by atoms with van der Waals surface area (Å²) in [4.78, 5) is 14.4. The highest BCUT2D eigenvalue weighted by Crippen LogP contribution is 2.25. The van der Waals surface area contributed by atoms with Gasteiger partial charge in [-0.15, -0.1) is 0 Å². The smallest absolute Gasteiger partial charge is 0.321 e. The number of aromatic nitrogens is 1. The second-order valence-corrected chi connectivity index (χ2v) is 9.80. The fourth-order valence-corrected chi connectivity index (χ4v) is 5.36. The van der Waals surface area contributed by atoms with E-state index in [1.807, 2.05) is 42.9 Å². The van der Waals surface area contributed by atoms with Crippen molar-refractivity contribution in [1.29, 1.82) is 0 Å². The minimum Gasteiger partial charge on any atom is -0.351 e. The zero-order valence-electron chi connectivity index (χ0n) is 16.8. The van der Waals surface area contributed by atoms with Crippen molar-refractivity contribution in [2.24, 2.45) is 7.05 Å². The Balaban J connectivity index is 1.43. The first-order valence-corrected chi connectivity index (χ1v) is 11.4. The van der Waals surface area contributed by atoms with Gasteiger partial charge in [-0.2, -0.15) is 4.31 Å². The number of halogens is 1. The third kappa shape index (κ3) is 3.90. The fourth-order valence-electron chi connectivity index (χ4n) is 3.62. The van der Waals surface area contributed by atoms with Crippen LogP contribution in [0.1, 0.15) is 5.56 Å². The highest BCUT2D eigenvalue weighted by molar-refractivity contribution is 7.89. The SMILES string of the molecule is Cc1ccc(NC(=O)N2CCN(S(=O)(=O)c3ccc4c(ccn4C)c3)CC2)c(Cl)c1. The maximum Gasteiger partial charge on any atom is 0.321 e. The molecule has 2 heterocycles. The average molecular weight is 447 g/mol. The predicted octanol–water partition coefficient (Wildman–Crippen LogP) is 3.68. The van der Waals surface area contributed by atoms with E-state index in [1.54, 1.807) is 29.2 Å². The zero-order chi connectivity index (χ0) is 21.5. The Labute approximate surface area is 180 Å². The Morgan fingerprint density at radius 3 is 2.47 bits per heavy atom. The van der Waals surface area contributed by atoms with Gasteiger partial charge in [-0.3, -0.25) is 0 Å². The van der Waals surface area contributed by atoms with Gasteiger partial charge in [0.15, 0.2) is 0 Å². The molecule has 7 nitrogen and oxygen atoms in total. The van der Waals surface area contributed by atoms with Crippen molar-refractivity contribution in [3.63, 3.8) is 0 Å². The summed E-state index contributed by atoms with van der Waals surface area (Å²) in [5, 5.41) is 4.15. The molecule has 0 spiro atoms. The summed E-state index contributed by atoms with van der Waals surface area (Å²) in [6.07, 6.45) is 1.90. The molecule has 0 unspecified atom stereocenters. The van der Waals surface area contributed by atoms with Crippen molar-refractivity contribution in [3.05, 3.63) is 59.2 Å². The number of benzene rings is 2. The highest BCUT2D eigenvalue weighted by atomic mass is 35.5. The molecule has 0 bridgehead atoms. The first-order chi connectivity index (χ1) is 14.3. The first kappa shape index (κ1) is 20.7. The Bertz CT molecular complexity index is 1210. The molecule has 1 aromatic heterocycles. The van der Waals surface area contributed by atoms with E-state index in [9.17, 15) is 13.2 Å². The van der Waals surface area contributed by atoms with Crippen LogP contribution in [0.3, 0.4) is 0 Å². The number of carbonyl (C=O) groups is 1. The molecule has 0 saturated carbocycles. The van der Waals surface area contributed by atoms with Crippen molar-refractivity contribution in [3.8, 4) is 0 Å². The molecule has 158 valence electrons. The van der Waals surface area contributed by atoms with E-state index in [1.165, 1.54) is 4.31 Å². The van der Waals surface area contributed by atoms with Crippen LogP contribution >= 0.6 is 11.6 Å². The molecule has 1 N–H and O–H groups in total. The number of piperazine rings is 1. The van der Waals surface area contributed by atoms with Gasteiger partial charge in [0.2, 0.25) is 10.0 Å². The van der Waals surface area contributed by atoms with Crippen LogP contribution in [0.5, 0.6) is 0 Å². The minimum absolute atomic E-state index is 0.240. The fraction of sp³-hybridized carbons (Fsp3) is 0.286. The monoisotopic (exact) mass is 446 g/mol. The van der Waals surface area contributed by atoms with Gasteiger partial charge in [-0.25, -0.2) is 13.2 Å². The molecule has 2 aromatic carbocycles. The number of hydrogen-bond acceptors (Lipinski definition) is 3. The number of aryl methyl sites for hydroxylation is 2. The van der Waals surface area contributed by atoms with Crippen LogP contribution in [0.2, 0.25) is 5.02 Å². The quantitative estimate of drug-likeness (QED) is 0.666. The first-order valence-electron chi connectivity index (χ1n) is 9.63. The summed E-state index contributed by atoms with van der Waals surface area (Å²) in [6, 6.07) is 12.2. The topological polar surface area (TPSA) is 74.7 Å². The van der Waals surface area contributed by atoms with Gasteiger partial charge in [-0.1, -0.05) is 17.7 Å². The lowest BCUT2D eigenvalue weighted by molar-refractivity contribution is 0.184. The van der Waals surface area contributed by atoms with Crippen molar-refractivity contribution >= 4 is 44.2 Å². The van der Waals surface area contributed by atoms with E-state index >= 15 is 0 Å². The maximum atomic E-state index is 13.1. The van der Waals surface area contributed by atoms with E-state index in [0.717, 1.165) is 16.5 Å². The normalized spacial score (nSPS) is 15.5. The van der Waals surface area contributed by atoms with Gasteiger partial charge in [0.1, 0.15) is 0 Å². The number of anilines is 1. The molecule has 30 heavy (non-hydrogen) atoms. The maximum absolute atomic E-state index is 13.1. The molecule has 1 aliphatic rings. The molecule has 1 aliphatic heterocycles. The van der Waals surface area contributed by atoms with Crippen LogP contribution in [0.15, 0.2) is 53.6 Å². The van der Waals surface area contributed by atoms with E-state index in [2.05, 4.69) is 5.32 Å². The molecular formula is C21H23ClN4O3S. The van der Waals surface area contributed by atoms with Crippen LogP contribution in [0.25, 0.3) is 10.9 Å². The lowest BCUT2D eigenvalue weighted by Gasteiger charge is -2.34. The molecule has 1 fully saturated rings. The number of nitrogens with zero attached hydrogens (tertiary/aromatic N) is 3. The van der Waals surface area contributed by atoms with E-state index in [0.29, 0.717) is 23.8 Å². The highest BCUT2D eigenvalue weighted by Gasteiger charge is 2.30. The number of nitrogens with one attached hydrogen (secondary N) is 1. The summed E-state index contributed by atoms with van der Waals surface area (Å²) in [7, 11) is -1.70. The lowest BCUT2D eigenvalue weighted by atomic mass is 10.2. The molecule has 0 atom stereocenters. The average Bonchev–Trinajstić information content (AvgIpc) is 3.10. The molecule has 2 amide bonds. The summed E-state index contributed by atoms with van der Waals surface area (Å²) in [5.41, 5.74) is 2.52. The van der Waals surface area contributed by atoms with Gasteiger partial charge in [0.05, 0.1) is 15.6 Å². The van der Waals surface area contributed by atoms with E-state index < -0.39 is 10.0 Å². The molecule has 0 aliphatic carbocycles. The second-order valence-electron chi connectivity index (χ2n) is 7.45. The summed E-state index contributed by atoms with van der Waals surface area (Å²) in [5.74, 6) is 0. The number of sulfonamides is 1. The Hall–Kier alpha value is -2.55. The number of amides is 2. The predicted molar refractivity (Wildman–Crippen MR) is 118 cm³/mol. The van der Waals surface area contributed by atoms with E-state index in [4.69, 9.17) is 11.6 Å². The van der Waals surface area contributed by atoms with Crippen molar-refractivity contribution in [2.45, 2.75) is 11.8 Å². The molecule has 3 aromatic rings. The molecular weight excluding hydrogens is 424 g/mol. The van der Waals surface area contributed by atoms with Crippen molar-refractivity contribution in [2.75, 3.05) is 31.5 Å². The van der Waals surface area contributed by atoms with E-state index in [-0.39, 0.29) is 24.0 Å².